The standard InChI is InChI=1S/C38H69N3O15P2/c1-5-29(4)20-16-12-9-10-14-18-22-34(43)54-30(25-51-33(42)21-17-13-8-6-7-11-15-19-28(2)3)26-52-57(47,48)56-58(49,50)53-27-31-35(44)36(45)37(55-31)41-24-23-32(39)40-38(41)46/h23-24,28-31,35-37,44-45H,5-22,25-27H2,1-4H3,(H,47,48)(H,49,50)(H2,39,40,46)/t29?,30-,31-,35+,36?,37-/m1/s1. The maximum Gasteiger partial charge on any atom is 0.481 e. The van der Waals surface area contributed by atoms with Gasteiger partial charge in [0.05, 0.1) is 13.2 Å². The normalized spacial score (nSPS) is 21.3. The average Bonchev–Trinajstić information content (AvgIpc) is 3.43. The average molecular weight is 870 g/mol. The lowest BCUT2D eigenvalue weighted by Gasteiger charge is -2.21. The number of aliphatic hydroxyl groups excluding tert-OH is 2. The van der Waals surface area contributed by atoms with Gasteiger partial charge in [0.15, 0.2) is 12.3 Å². The van der Waals surface area contributed by atoms with Gasteiger partial charge in [0.1, 0.15) is 30.7 Å². The molecule has 0 aromatic carbocycles. The maximum atomic E-state index is 12.7. The van der Waals surface area contributed by atoms with Gasteiger partial charge in [-0.2, -0.15) is 9.29 Å². The van der Waals surface area contributed by atoms with Gasteiger partial charge in [-0.05, 0) is 30.7 Å². The molecule has 18 nitrogen and oxygen atoms in total. The molecule has 1 aliphatic heterocycles. The number of nitrogen functional groups attached to an aromatic ring is 1. The van der Waals surface area contributed by atoms with Gasteiger partial charge >= 0.3 is 33.3 Å². The highest BCUT2D eigenvalue weighted by atomic mass is 31.3. The Morgan fingerprint density at radius 2 is 1.38 bits per heavy atom. The van der Waals surface area contributed by atoms with Crippen LogP contribution in [0.25, 0.3) is 0 Å². The van der Waals surface area contributed by atoms with E-state index in [9.17, 15) is 43.5 Å². The molecule has 8 atom stereocenters. The Balaban J connectivity index is 1.88. The van der Waals surface area contributed by atoms with E-state index in [1.807, 2.05) is 0 Å². The van der Waals surface area contributed by atoms with Gasteiger partial charge in [0.2, 0.25) is 0 Å². The summed E-state index contributed by atoms with van der Waals surface area (Å²) in [7, 11) is -10.8. The number of hydrogen-bond acceptors (Lipinski definition) is 15. The first kappa shape index (κ1) is 51.9. The number of hydrogen-bond donors (Lipinski definition) is 5. The Labute approximate surface area is 342 Å². The Bertz CT molecular complexity index is 1500. The second kappa shape index (κ2) is 27.6. The highest BCUT2D eigenvalue weighted by molar-refractivity contribution is 7.61. The van der Waals surface area contributed by atoms with E-state index in [2.05, 4.69) is 37.0 Å². The summed E-state index contributed by atoms with van der Waals surface area (Å²) in [5.74, 6) is 0.116. The smallest absolute Gasteiger partial charge is 0.462 e. The van der Waals surface area contributed by atoms with Gasteiger partial charge in [0.25, 0.3) is 0 Å². The monoisotopic (exact) mass is 869 g/mol. The highest BCUT2D eigenvalue weighted by Crippen LogP contribution is 2.60. The van der Waals surface area contributed by atoms with E-state index in [-0.39, 0.29) is 18.7 Å². The number of aromatic nitrogens is 2. The van der Waals surface area contributed by atoms with E-state index < -0.39 is 83.7 Å². The van der Waals surface area contributed by atoms with Crippen LogP contribution < -0.4 is 11.4 Å². The Morgan fingerprint density at radius 3 is 1.97 bits per heavy atom. The zero-order valence-electron chi connectivity index (χ0n) is 34.7. The summed E-state index contributed by atoms with van der Waals surface area (Å²) < 4.78 is 56.3. The second-order valence-electron chi connectivity index (χ2n) is 15.6. The number of rotatable bonds is 32. The van der Waals surface area contributed by atoms with Gasteiger partial charge in [-0.3, -0.25) is 23.2 Å². The Hall–Kier alpha value is -2.24. The number of aliphatic hydroxyl groups is 2. The van der Waals surface area contributed by atoms with E-state index in [0.717, 1.165) is 68.6 Å². The third kappa shape index (κ3) is 21.8. The molecule has 1 fully saturated rings. The molecule has 0 saturated carbocycles. The quantitative estimate of drug-likeness (QED) is 0.0294. The van der Waals surface area contributed by atoms with Crippen molar-refractivity contribution in [2.75, 3.05) is 25.6 Å². The van der Waals surface area contributed by atoms with Gasteiger partial charge in [-0.15, -0.1) is 0 Å². The lowest BCUT2D eigenvalue weighted by Crippen LogP contribution is -2.36. The molecule has 4 unspecified atom stereocenters. The summed E-state index contributed by atoms with van der Waals surface area (Å²) in [5, 5.41) is 20.8. The van der Waals surface area contributed by atoms with E-state index in [1.165, 1.54) is 38.2 Å². The predicted molar refractivity (Wildman–Crippen MR) is 215 cm³/mol. The van der Waals surface area contributed by atoms with Crippen LogP contribution in [0.5, 0.6) is 0 Å². The first-order valence-electron chi connectivity index (χ1n) is 20.8. The molecule has 1 saturated heterocycles. The molecule has 20 heteroatoms. The molecule has 1 aliphatic rings. The lowest BCUT2D eigenvalue weighted by molar-refractivity contribution is -0.161. The van der Waals surface area contributed by atoms with E-state index >= 15 is 0 Å². The van der Waals surface area contributed by atoms with Crippen LogP contribution in [0.3, 0.4) is 0 Å². The molecule has 0 aliphatic carbocycles. The van der Waals surface area contributed by atoms with Crippen LogP contribution in [-0.4, -0.2) is 85.7 Å². The van der Waals surface area contributed by atoms with Crippen LogP contribution in [0.15, 0.2) is 17.1 Å². The summed E-state index contributed by atoms with van der Waals surface area (Å²) >= 11 is 0. The molecule has 2 heterocycles. The molecule has 0 bridgehead atoms. The third-order valence-electron chi connectivity index (χ3n) is 9.91. The van der Waals surface area contributed by atoms with Gasteiger partial charge < -0.3 is 39.9 Å². The number of nitrogens with zero attached hydrogens (tertiary/aromatic N) is 2. The van der Waals surface area contributed by atoms with Gasteiger partial charge in [-0.25, -0.2) is 13.9 Å². The minimum absolute atomic E-state index is 0.0515. The molecule has 0 radical (unpaired) electrons. The van der Waals surface area contributed by atoms with Crippen molar-refractivity contribution in [1.29, 1.82) is 0 Å². The van der Waals surface area contributed by atoms with Crippen molar-refractivity contribution in [2.24, 2.45) is 11.8 Å². The number of nitrogens with two attached hydrogens (primary N) is 1. The van der Waals surface area contributed by atoms with Crippen molar-refractivity contribution in [3.63, 3.8) is 0 Å². The van der Waals surface area contributed by atoms with Crippen LogP contribution in [0.2, 0.25) is 0 Å². The number of ether oxygens (including phenoxy) is 3. The molecule has 1 aromatic heterocycles. The second-order valence-corrected chi connectivity index (χ2v) is 18.6. The lowest BCUT2D eigenvalue weighted by atomic mass is 10.00. The molecular weight excluding hydrogens is 800 g/mol. The number of phosphoric ester groups is 2. The summed E-state index contributed by atoms with van der Waals surface area (Å²) in [6, 6.07) is 1.25. The number of phosphoric acid groups is 2. The fraction of sp³-hybridized carbons (Fsp3) is 0.842. The molecule has 1 aromatic rings. The first-order chi connectivity index (χ1) is 27.4. The summed E-state index contributed by atoms with van der Waals surface area (Å²) in [6.07, 6.45) is 9.91. The number of esters is 2. The molecule has 58 heavy (non-hydrogen) atoms. The van der Waals surface area contributed by atoms with E-state index in [4.69, 9.17) is 29.0 Å². The number of carbonyl (C=O) groups is 2. The van der Waals surface area contributed by atoms with Crippen LogP contribution in [0.4, 0.5) is 5.82 Å². The zero-order valence-corrected chi connectivity index (χ0v) is 36.5. The van der Waals surface area contributed by atoms with Gasteiger partial charge in [-0.1, -0.05) is 118 Å². The zero-order chi connectivity index (χ0) is 43.1. The van der Waals surface area contributed by atoms with Crippen LogP contribution in [0, 0.1) is 11.8 Å². The van der Waals surface area contributed by atoms with Crippen molar-refractivity contribution >= 4 is 33.4 Å². The Morgan fingerprint density at radius 1 is 0.828 bits per heavy atom. The van der Waals surface area contributed by atoms with E-state index in [0.29, 0.717) is 24.7 Å². The van der Waals surface area contributed by atoms with Gasteiger partial charge in [0, 0.05) is 19.0 Å². The van der Waals surface area contributed by atoms with Crippen molar-refractivity contribution < 1.29 is 66.3 Å². The summed E-state index contributed by atoms with van der Waals surface area (Å²) in [6.45, 7) is 6.56. The predicted octanol–water partition coefficient (Wildman–Crippen LogP) is 6.48. The van der Waals surface area contributed by atoms with E-state index in [1.54, 1.807) is 0 Å². The molecule has 336 valence electrons. The van der Waals surface area contributed by atoms with Crippen molar-refractivity contribution in [1.82, 2.24) is 9.55 Å². The fourth-order valence-electron chi connectivity index (χ4n) is 6.24. The SMILES string of the molecule is CCC(C)CCCCCCCCC(=O)O[C@H](COC(=O)CCCCCCCCCC(C)C)COP(=O)(O)OP(=O)(O)OC[C@H]1O[C@@H](n2ccc(N)nc2=O)C(O)[C@H]1O. The Kier molecular flexibility index (Phi) is 24.7. The third-order valence-corrected chi connectivity index (χ3v) is 12.5. The van der Waals surface area contributed by atoms with Crippen molar-refractivity contribution in [3.8, 4) is 0 Å². The molecular formula is C38H69N3O15P2. The molecule has 2 rings (SSSR count). The van der Waals surface area contributed by atoms with Crippen molar-refractivity contribution in [3.05, 3.63) is 22.7 Å². The van der Waals surface area contributed by atoms with Crippen molar-refractivity contribution in [2.45, 2.75) is 174 Å². The van der Waals surface area contributed by atoms with Crippen LogP contribution in [-0.2, 0) is 46.3 Å². The molecule has 6 N–H and O–H groups in total. The number of carbonyl (C=O) groups excluding carboxylic acids is 2. The number of anilines is 1. The summed E-state index contributed by atoms with van der Waals surface area (Å²) in [4.78, 5) is 61.4. The van der Waals surface area contributed by atoms with Crippen LogP contribution >= 0.6 is 15.6 Å². The van der Waals surface area contributed by atoms with Crippen LogP contribution in [0.1, 0.15) is 149 Å². The molecule has 0 amide bonds. The molecule has 0 spiro atoms. The maximum absolute atomic E-state index is 12.7. The minimum atomic E-state index is -5.41. The largest absolute Gasteiger partial charge is 0.481 e. The fourth-order valence-corrected chi connectivity index (χ4v) is 8.35. The topological polar surface area (TPSA) is 265 Å². The summed E-state index contributed by atoms with van der Waals surface area (Å²) in [5.41, 5.74) is 4.57. The minimum Gasteiger partial charge on any atom is -0.462 e. The first-order valence-corrected chi connectivity index (χ1v) is 23.8. The number of unbranched alkanes of at least 4 members (excludes halogenated alkanes) is 11. The highest BCUT2D eigenvalue weighted by Gasteiger charge is 2.46.